The Hall–Kier alpha value is -3.20. The summed E-state index contributed by atoms with van der Waals surface area (Å²) in [4.78, 5) is 16.9. The third kappa shape index (κ3) is 3.28. The molecule has 2 aromatic heterocycles. The lowest BCUT2D eigenvalue weighted by Gasteiger charge is -2.16. The molecule has 0 radical (unpaired) electrons. The molecule has 0 unspecified atom stereocenters. The summed E-state index contributed by atoms with van der Waals surface area (Å²) < 4.78 is 2.36. The molecule has 0 bridgehead atoms. The number of aromatic nitrogens is 5. The van der Waals surface area contributed by atoms with Gasteiger partial charge in [0, 0.05) is 0 Å². The van der Waals surface area contributed by atoms with Gasteiger partial charge in [-0.25, -0.2) is 9.67 Å². The summed E-state index contributed by atoms with van der Waals surface area (Å²) in [6.07, 6.45) is 2.95. The number of oxime groups is 1. The highest BCUT2D eigenvalue weighted by Gasteiger charge is 2.21. The molecule has 0 spiro atoms. The molecular formula is C17H17ClN6O3. The van der Waals surface area contributed by atoms with Crippen LogP contribution in [0.4, 0.5) is 0 Å². The second-order valence-electron chi connectivity index (χ2n) is 5.92. The van der Waals surface area contributed by atoms with E-state index in [1.807, 2.05) is 20.8 Å². The highest BCUT2D eigenvalue weighted by Crippen LogP contribution is 2.25. The number of nitrogens with zero attached hydrogens (tertiary/aromatic N) is 6. The first-order valence-electron chi connectivity index (χ1n) is 8.09. The molecule has 2 heterocycles. The normalized spacial score (nSPS) is 11.4. The number of hydrogen-bond acceptors (Lipinski definition) is 7. The largest absolute Gasteiger partial charge is 0.504 e. The molecule has 0 aliphatic rings. The Morgan fingerprint density at radius 2 is 1.89 bits per heavy atom. The Morgan fingerprint density at radius 3 is 2.41 bits per heavy atom. The van der Waals surface area contributed by atoms with E-state index >= 15 is 0 Å². The van der Waals surface area contributed by atoms with E-state index in [0.717, 1.165) is 15.8 Å². The fourth-order valence-corrected chi connectivity index (χ4v) is 3.09. The van der Waals surface area contributed by atoms with Gasteiger partial charge in [0.1, 0.15) is 12.0 Å². The van der Waals surface area contributed by atoms with E-state index in [9.17, 15) is 9.90 Å². The zero-order valence-corrected chi connectivity index (χ0v) is 15.6. The predicted molar refractivity (Wildman–Crippen MR) is 99.7 cm³/mol. The minimum Gasteiger partial charge on any atom is -0.504 e. The molecule has 9 nitrogen and oxygen atoms in total. The van der Waals surface area contributed by atoms with Crippen molar-refractivity contribution in [1.82, 2.24) is 24.5 Å². The zero-order valence-electron chi connectivity index (χ0n) is 14.9. The van der Waals surface area contributed by atoms with E-state index in [1.165, 1.54) is 17.2 Å². The molecule has 3 aromatic rings. The van der Waals surface area contributed by atoms with E-state index in [4.69, 9.17) is 16.8 Å². The Balaban J connectivity index is 2.34. The molecule has 0 saturated heterocycles. The lowest BCUT2D eigenvalue weighted by molar-refractivity contribution is 0.322. The second kappa shape index (κ2) is 7.20. The van der Waals surface area contributed by atoms with Gasteiger partial charge in [0.05, 0.1) is 11.9 Å². The summed E-state index contributed by atoms with van der Waals surface area (Å²) in [5.41, 5.74) is 2.42. The van der Waals surface area contributed by atoms with Crippen molar-refractivity contribution in [3.63, 3.8) is 0 Å². The highest BCUT2D eigenvalue weighted by atomic mass is 35.5. The summed E-state index contributed by atoms with van der Waals surface area (Å²) in [7, 11) is 0. The van der Waals surface area contributed by atoms with Crippen LogP contribution in [0.1, 0.15) is 29.3 Å². The quantitative estimate of drug-likeness (QED) is 0.401. The first-order chi connectivity index (χ1) is 12.9. The Labute approximate surface area is 159 Å². The van der Waals surface area contributed by atoms with Crippen LogP contribution in [0.5, 0.6) is 5.75 Å². The zero-order chi connectivity index (χ0) is 19.7. The maximum atomic E-state index is 13.1. The highest BCUT2D eigenvalue weighted by molar-refractivity contribution is 6.28. The van der Waals surface area contributed by atoms with Crippen molar-refractivity contribution in [3.8, 4) is 17.1 Å². The molecule has 3 rings (SSSR count). The maximum absolute atomic E-state index is 13.1. The van der Waals surface area contributed by atoms with Crippen LogP contribution in [-0.4, -0.2) is 41.1 Å². The van der Waals surface area contributed by atoms with Gasteiger partial charge in [-0.15, -0.1) is 5.10 Å². The summed E-state index contributed by atoms with van der Waals surface area (Å²) in [5.74, 6) is -0.264. The van der Waals surface area contributed by atoms with Crippen molar-refractivity contribution < 1.29 is 10.3 Å². The average molecular weight is 389 g/mol. The van der Waals surface area contributed by atoms with Crippen LogP contribution in [0.15, 0.2) is 28.4 Å². The van der Waals surface area contributed by atoms with Crippen molar-refractivity contribution in [2.45, 2.75) is 27.2 Å². The number of rotatable bonds is 4. The number of benzene rings is 1. The molecule has 1 aromatic carbocycles. The molecule has 0 fully saturated rings. The average Bonchev–Trinajstić information content (AvgIpc) is 3.02. The first kappa shape index (κ1) is 18.6. The third-order valence-electron chi connectivity index (χ3n) is 4.07. The lowest BCUT2D eigenvalue weighted by atomic mass is 10.0. The molecule has 140 valence electrons. The topological polar surface area (TPSA) is 118 Å². The third-order valence-corrected chi connectivity index (χ3v) is 4.25. The van der Waals surface area contributed by atoms with Crippen LogP contribution < -0.4 is 5.56 Å². The van der Waals surface area contributed by atoms with Gasteiger partial charge in [-0.1, -0.05) is 12.1 Å². The smallest absolute Gasteiger partial charge is 0.301 e. The van der Waals surface area contributed by atoms with Gasteiger partial charge in [0.15, 0.2) is 11.4 Å². The summed E-state index contributed by atoms with van der Waals surface area (Å²) in [6.45, 7) is 5.45. The minimum atomic E-state index is -0.568. The predicted octanol–water partition coefficient (Wildman–Crippen LogP) is 2.16. The number of aromatic hydroxyl groups is 1. The first-order valence-corrected chi connectivity index (χ1v) is 8.46. The summed E-state index contributed by atoms with van der Waals surface area (Å²) in [6, 6.07) is 3.53. The molecule has 0 atom stereocenters. The number of halogens is 1. The van der Waals surface area contributed by atoms with Gasteiger partial charge in [-0.2, -0.15) is 9.78 Å². The molecule has 0 aliphatic carbocycles. The van der Waals surface area contributed by atoms with Gasteiger partial charge in [0.2, 0.25) is 5.28 Å². The van der Waals surface area contributed by atoms with E-state index in [1.54, 1.807) is 12.1 Å². The molecule has 0 saturated carbocycles. The Bertz CT molecular complexity index is 1080. The van der Waals surface area contributed by atoms with Gasteiger partial charge in [-0.3, -0.25) is 4.79 Å². The van der Waals surface area contributed by atoms with E-state index in [2.05, 4.69) is 20.3 Å². The fraction of sp³-hybridized carbons (Fsp3) is 0.235. The van der Waals surface area contributed by atoms with Crippen molar-refractivity contribution in [2.75, 3.05) is 0 Å². The number of aryl methyl sites for hydroxylation is 3. The second-order valence-corrected chi connectivity index (χ2v) is 6.26. The molecule has 2 N–H and O–H groups in total. The van der Waals surface area contributed by atoms with Gasteiger partial charge in [0.25, 0.3) is 0 Å². The molecule has 10 heteroatoms. The van der Waals surface area contributed by atoms with Crippen molar-refractivity contribution in [2.24, 2.45) is 5.16 Å². The van der Waals surface area contributed by atoms with E-state index in [-0.39, 0.29) is 16.7 Å². The standard InChI is InChI=1S/C17H17ClN6O3/c1-4-12-15(25)14(23-8-19-17(18)22-23)16(26)24(21-12)13-9(2)5-11(7-20-27)6-10(13)3/h5-8,25,27H,4H2,1-3H3/b20-7+. The lowest BCUT2D eigenvalue weighted by Crippen LogP contribution is -2.28. The molecule has 0 amide bonds. The van der Waals surface area contributed by atoms with Crippen LogP contribution in [0.25, 0.3) is 11.4 Å². The molecular weight excluding hydrogens is 372 g/mol. The summed E-state index contributed by atoms with van der Waals surface area (Å²) >= 11 is 5.76. The monoisotopic (exact) mass is 388 g/mol. The maximum Gasteiger partial charge on any atom is 0.301 e. The molecule has 0 aliphatic heterocycles. The van der Waals surface area contributed by atoms with Crippen LogP contribution in [0, 0.1) is 13.8 Å². The minimum absolute atomic E-state index is 0.0461. The van der Waals surface area contributed by atoms with E-state index < -0.39 is 5.56 Å². The van der Waals surface area contributed by atoms with Crippen LogP contribution in [0.2, 0.25) is 5.28 Å². The van der Waals surface area contributed by atoms with Crippen LogP contribution >= 0.6 is 11.6 Å². The van der Waals surface area contributed by atoms with E-state index in [0.29, 0.717) is 23.4 Å². The summed E-state index contributed by atoms with van der Waals surface area (Å²) in [5, 5.41) is 30.5. The van der Waals surface area contributed by atoms with Crippen LogP contribution in [0.3, 0.4) is 0 Å². The SMILES string of the molecule is CCc1nn(-c2c(C)cc(/C=N/O)cc2C)c(=O)c(-n2cnc(Cl)n2)c1O. The Kier molecular flexibility index (Phi) is 4.95. The van der Waals surface area contributed by atoms with Gasteiger partial charge < -0.3 is 10.3 Å². The number of hydrogen-bond donors (Lipinski definition) is 2. The Morgan fingerprint density at radius 1 is 1.22 bits per heavy atom. The van der Waals surface area contributed by atoms with Crippen molar-refractivity contribution >= 4 is 17.8 Å². The van der Waals surface area contributed by atoms with Crippen molar-refractivity contribution in [1.29, 1.82) is 0 Å². The fourth-order valence-electron chi connectivity index (χ4n) is 2.96. The molecule has 27 heavy (non-hydrogen) atoms. The van der Waals surface area contributed by atoms with Gasteiger partial charge >= 0.3 is 5.56 Å². The van der Waals surface area contributed by atoms with Crippen LogP contribution in [-0.2, 0) is 6.42 Å². The van der Waals surface area contributed by atoms with Gasteiger partial charge in [-0.05, 0) is 60.7 Å². The van der Waals surface area contributed by atoms with Crippen molar-refractivity contribution in [3.05, 3.63) is 56.5 Å².